The number of ether oxygens (including phenoxy) is 2. The van der Waals surface area contributed by atoms with Crippen LogP contribution in [0.5, 0.6) is 17.2 Å². The first kappa shape index (κ1) is 21.1. The Morgan fingerprint density at radius 1 is 1.07 bits per heavy atom. The number of aliphatic carboxylic acids is 1. The Kier molecular flexibility index (Phi) is 6.86. The molecule has 0 aromatic heterocycles. The molecule has 6 nitrogen and oxygen atoms in total. The highest BCUT2D eigenvalue weighted by Crippen LogP contribution is 2.37. The van der Waals surface area contributed by atoms with Gasteiger partial charge in [-0.1, -0.05) is 6.07 Å². The van der Waals surface area contributed by atoms with E-state index in [4.69, 9.17) is 14.6 Å². The molecule has 9 heteroatoms. The number of anilines is 1. The molecule has 150 valence electrons. The van der Waals surface area contributed by atoms with Gasteiger partial charge in [-0.15, -0.1) is 0 Å². The van der Waals surface area contributed by atoms with Crippen molar-refractivity contribution in [3.63, 3.8) is 0 Å². The molecule has 0 heterocycles. The third-order valence-corrected chi connectivity index (χ3v) is 3.64. The van der Waals surface area contributed by atoms with Crippen LogP contribution in [0.1, 0.15) is 24.8 Å². The summed E-state index contributed by atoms with van der Waals surface area (Å²) in [6, 6.07) is 9.15. The average Bonchev–Trinajstić information content (AvgIpc) is 2.62. The zero-order chi connectivity index (χ0) is 20.7. The fraction of sp³-hybridized carbons (Fsp3) is 0.263. The summed E-state index contributed by atoms with van der Waals surface area (Å²) < 4.78 is 49.7. The number of carbonyl (C=O) groups is 2. The van der Waals surface area contributed by atoms with Crippen LogP contribution in [0.2, 0.25) is 0 Å². The molecule has 1 amide bonds. The number of hydrogen-bond donors (Lipinski definition) is 2. The number of hydrogen-bond acceptors (Lipinski definition) is 4. The summed E-state index contributed by atoms with van der Waals surface area (Å²) in [5.41, 5.74) is -1.12. The lowest BCUT2D eigenvalue weighted by atomic mass is 10.1. The van der Waals surface area contributed by atoms with Crippen molar-refractivity contribution >= 4 is 17.6 Å². The van der Waals surface area contributed by atoms with Gasteiger partial charge in [-0.25, -0.2) is 0 Å². The number of halogens is 3. The molecule has 0 saturated heterocycles. The molecular formula is C19H18F3NO5. The van der Waals surface area contributed by atoms with E-state index in [1.807, 2.05) is 0 Å². The van der Waals surface area contributed by atoms with Crippen molar-refractivity contribution in [3.05, 3.63) is 48.0 Å². The lowest BCUT2D eigenvalue weighted by molar-refractivity contribution is -0.138. The monoisotopic (exact) mass is 397 g/mol. The first-order chi connectivity index (χ1) is 13.2. The lowest BCUT2D eigenvalue weighted by Crippen LogP contribution is -2.14. The van der Waals surface area contributed by atoms with E-state index < -0.39 is 23.6 Å². The van der Waals surface area contributed by atoms with E-state index in [1.165, 1.54) is 13.2 Å². The second-order valence-corrected chi connectivity index (χ2v) is 5.79. The van der Waals surface area contributed by atoms with Gasteiger partial charge in [0.1, 0.15) is 11.5 Å². The maximum Gasteiger partial charge on any atom is 0.416 e. The minimum absolute atomic E-state index is 0.00726. The molecule has 0 spiro atoms. The number of carboxylic acids is 1. The molecule has 0 fully saturated rings. The zero-order valence-electron chi connectivity index (χ0n) is 14.9. The first-order valence-corrected chi connectivity index (χ1v) is 8.24. The standard InChI is InChI=1S/C19H18F3NO5/c1-27-13-4-2-5-14(11-13)28-16-9-8-12(19(20,21)22)10-15(16)23-17(24)6-3-7-18(25)26/h2,4-5,8-11H,3,6-7H2,1H3,(H,23,24)(H,25,26). The molecule has 0 atom stereocenters. The van der Waals surface area contributed by atoms with E-state index in [9.17, 15) is 22.8 Å². The number of nitrogens with one attached hydrogen (secondary N) is 1. The molecule has 2 N–H and O–H groups in total. The normalized spacial score (nSPS) is 11.0. The smallest absolute Gasteiger partial charge is 0.416 e. The van der Waals surface area contributed by atoms with Crippen molar-refractivity contribution in [1.82, 2.24) is 0 Å². The third-order valence-electron chi connectivity index (χ3n) is 3.64. The molecule has 0 aliphatic carbocycles. The van der Waals surface area contributed by atoms with E-state index in [1.54, 1.807) is 18.2 Å². The van der Waals surface area contributed by atoms with Gasteiger partial charge in [0.15, 0.2) is 5.75 Å². The second-order valence-electron chi connectivity index (χ2n) is 5.79. The van der Waals surface area contributed by atoms with Crippen LogP contribution < -0.4 is 14.8 Å². The van der Waals surface area contributed by atoms with Gasteiger partial charge >= 0.3 is 12.1 Å². The Morgan fingerprint density at radius 2 is 1.79 bits per heavy atom. The number of amides is 1. The van der Waals surface area contributed by atoms with Crippen molar-refractivity contribution in [2.24, 2.45) is 0 Å². The predicted molar refractivity (Wildman–Crippen MR) is 94.6 cm³/mol. The van der Waals surface area contributed by atoms with Gasteiger partial charge in [0.25, 0.3) is 0 Å². The lowest BCUT2D eigenvalue weighted by Gasteiger charge is -2.15. The molecule has 0 aliphatic rings. The highest BCUT2D eigenvalue weighted by molar-refractivity contribution is 5.92. The van der Waals surface area contributed by atoms with Crippen LogP contribution in [0.4, 0.5) is 18.9 Å². The fourth-order valence-corrected chi connectivity index (χ4v) is 2.30. The van der Waals surface area contributed by atoms with Crippen molar-refractivity contribution < 1.29 is 37.3 Å². The number of carbonyl (C=O) groups excluding carboxylic acids is 1. The van der Waals surface area contributed by atoms with Gasteiger partial charge in [0, 0.05) is 18.9 Å². The molecule has 28 heavy (non-hydrogen) atoms. The van der Waals surface area contributed by atoms with E-state index in [2.05, 4.69) is 5.32 Å². The average molecular weight is 397 g/mol. The van der Waals surface area contributed by atoms with Crippen molar-refractivity contribution in [3.8, 4) is 17.2 Å². The molecule has 0 saturated carbocycles. The van der Waals surface area contributed by atoms with Crippen molar-refractivity contribution in [2.75, 3.05) is 12.4 Å². The topological polar surface area (TPSA) is 84.9 Å². The van der Waals surface area contributed by atoms with Crippen LogP contribution in [0.15, 0.2) is 42.5 Å². The second kappa shape index (κ2) is 9.12. The summed E-state index contributed by atoms with van der Waals surface area (Å²) in [5.74, 6) is -0.873. The van der Waals surface area contributed by atoms with Crippen molar-refractivity contribution in [1.29, 1.82) is 0 Å². The third kappa shape index (κ3) is 6.19. The molecule has 0 aliphatic heterocycles. The molecule has 0 unspecified atom stereocenters. The predicted octanol–water partition coefficient (Wildman–Crippen LogP) is 4.70. The van der Waals surface area contributed by atoms with E-state index in [0.29, 0.717) is 11.5 Å². The van der Waals surface area contributed by atoms with Gasteiger partial charge in [0.2, 0.25) is 5.91 Å². The summed E-state index contributed by atoms with van der Waals surface area (Å²) in [5, 5.41) is 11.0. The van der Waals surface area contributed by atoms with Crippen LogP contribution in [0.3, 0.4) is 0 Å². The Bertz CT molecular complexity index is 852. The summed E-state index contributed by atoms with van der Waals surface area (Å²) in [7, 11) is 1.46. The SMILES string of the molecule is COc1cccc(Oc2ccc(C(F)(F)F)cc2NC(=O)CCCC(=O)O)c1. The maximum atomic E-state index is 13.0. The molecule has 2 rings (SSSR count). The molecule has 0 bridgehead atoms. The van der Waals surface area contributed by atoms with Crippen LogP contribution in [0, 0.1) is 0 Å². The van der Waals surface area contributed by atoms with Crippen LogP contribution >= 0.6 is 0 Å². The first-order valence-electron chi connectivity index (χ1n) is 8.24. The van der Waals surface area contributed by atoms with Gasteiger partial charge in [-0.3, -0.25) is 9.59 Å². The maximum absolute atomic E-state index is 13.0. The van der Waals surface area contributed by atoms with Gasteiger partial charge in [-0.05, 0) is 36.8 Å². The number of benzene rings is 2. The Hall–Kier alpha value is -3.23. The Morgan fingerprint density at radius 3 is 2.43 bits per heavy atom. The Labute approximate surface area is 158 Å². The number of alkyl halides is 3. The highest BCUT2D eigenvalue weighted by atomic mass is 19.4. The summed E-state index contributed by atoms with van der Waals surface area (Å²) in [4.78, 5) is 22.5. The van der Waals surface area contributed by atoms with Crippen molar-refractivity contribution in [2.45, 2.75) is 25.4 Å². The van der Waals surface area contributed by atoms with E-state index in [0.717, 1.165) is 18.2 Å². The van der Waals surface area contributed by atoms with Crippen LogP contribution in [-0.2, 0) is 15.8 Å². The summed E-state index contributed by atoms with van der Waals surface area (Å²) in [6.45, 7) is 0. The van der Waals surface area contributed by atoms with Crippen LogP contribution in [-0.4, -0.2) is 24.1 Å². The largest absolute Gasteiger partial charge is 0.497 e. The minimum Gasteiger partial charge on any atom is -0.497 e. The molecule has 0 radical (unpaired) electrons. The van der Waals surface area contributed by atoms with E-state index >= 15 is 0 Å². The van der Waals surface area contributed by atoms with Gasteiger partial charge in [-0.2, -0.15) is 13.2 Å². The minimum atomic E-state index is -4.60. The Balaban J connectivity index is 2.25. The quantitative estimate of drug-likeness (QED) is 0.675. The molecule has 2 aromatic carbocycles. The number of carboxylic acid groups (broad SMARTS) is 1. The number of methoxy groups -OCH3 is 1. The van der Waals surface area contributed by atoms with E-state index in [-0.39, 0.29) is 30.7 Å². The molecular weight excluding hydrogens is 379 g/mol. The highest BCUT2D eigenvalue weighted by Gasteiger charge is 2.31. The van der Waals surface area contributed by atoms with Crippen LogP contribution in [0.25, 0.3) is 0 Å². The molecule has 2 aromatic rings. The summed E-state index contributed by atoms with van der Waals surface area (Å²) in [6.07, 6.45) is -4.91. The number of rotatable bonds is 8. The zero-order valence-corrected chi connectivity index (χ0v) is 14.9. The van der Waals surface area contributed by atoms with Gasteiger partial charge < -0.3 is 19.9 Å². The summed E-state index contributed by atoms with van der Waals surface area (Å²) >= 11 is 0. The van der Waals surface area contributed by atoms with Gasteiger partial charge in [0.05, 0.1) is 18.4 Å². The fourth-order valence-electron chi connectivity index (χ4n) is 2.30.